The van der Waals surface area contributed by atoms with Gasteiger partial charge in [-0.15, -0.1) is 0 Å². The molecular formula is C39H57NO8S. The number of hydrogen-bond acceptors (Lipinski definition) is 7. The molecule has 0 rings (SSSR count). The van der Waals surface area contributed by atoms with E-state index >= 15 is 0 Å². The van der Waals surface area contributed by atoms with Crippen molar-refractivity contribution in [1.29, 1.82) is 0 Å². The first-order valence-electron chi connectivity index (χ1n) is 16.5. The van der Waals surface area contributed by atoms with Crippen molar-refractivity contribution in [2.24, 2.45) is 22.7 Å². The van der Waals surface area contributed by atoms with Crippen molar-refractivity contribution in [2.75, 3.05) is 0 Å². The van der Waals surface area contributed by atoms with Crippen LogP contribution in [0.15, 0.2) is 126 Å². The summed E-state index contributed by atoms with van der Waals surface area (Å²) >= 11 is 0. The molecule has 0 aromatic carbocycles. The quantitative estimate of drug-likeness (QED) is 0.0210. The summed E-state index contributed by atoms with van der Waals surface area (Å²) in [5, 5.41) is 30.0. The zero-order valence-electron chi connectivity index (χ0n) is 29.9. The summed E-state index contributed by atoms with van der Waals surface area (Å²) < 4.78 is 36.6. The van der Waals surface area contributed by atoms with Crippen LogP contribution in [0.3, 0.4) is 0 Å². The van der Waals surface area contributed by atoms with E-state index in [2.05, 4.69) is 4.99 Å². The van der Waals surface area contributed by atoms with Crippen LogP contribution in [0.25, 0.3) is 0 Å². The predicted molar refractivity (Wildman–Crippen MR) is 202 cm³/mol. The maximum absolute atomic E-state index is 11.3. The van der Waals surface area contributed by atoms with Crippen LogP contribution in [-0.4, -0.2) is 64.3 Å². The Morgan fingerprint density at radius 3 is 1.80 bits per heavy atom. The average molecular weight is 700 g/mol. The fourth-order valence-corrected chi connectivity index (χ4v) is 4.80. The van der Waals surface area contributed by atoms with E-state index < -0.39 is 34.7 Å². The lowest BCUT2D eigenvalue weighted by Crippen LogP contribution is -2.32. The number of aliphatic imine (C=N–C) groups is 1. The van der Waals surface area contributed by atoms with E-state index in [0.29, 0.717) is 0 Å². The molecule has 0 fully saturated rings. The summed E-state index contributed by atoms with van der Waals surface area (Å²) in [6.07, 6.45) is 33.9. The van der Waals surface area contributed by atoms with E-state index in [0.717, 1.165) is 18.6 Å². The van der Waals surface area contributed by atoms with Crippen LogP contribution >= 0.6 is 0 Å². The third-order valence-electron chi connectivity index (χ3n) is 7.33. The van der Waals surface area contributed by atoms with Crippen molar-refractivity contribution in [3.05, 3.63) is 121 Å². The molecule has 0 heterocycles. The van der Waals surface area contributed by atoms with Crippen molar-refractivity contribution < 1.29 is 37.3 Å². The predicted octanol–water partition coefficient (Wildman–Crippen LogP) is 7.88. The normalized spacial score (nSPS) is 18.3. The SMILES string of the molecule is CC(=CC=CC=CCCC=CC(C)C(O)C(C)C(O)C=CC=CC=CC=CC=CC=CCC(OS(=O)(=O)O)C(C)C(C)=NC(C)C)C(=O)O. The summed E-state index contributed by atoms with van der Waals surface area (Å²) in [4.78, 5) is 15.2. The highest BCUT2D eigenvalue weighted by Crippen LogP contribution is 2.19. The molecule has 4 N–H and O–H groups in total. The Labute approximate surface area is 294 Å². The number of rotatable bonds is 23. The Bertz CT molecular complexity index is 1410. The van der Waals surface area contributed by atoms with Gasteiger partial charge >= 0.3 is 16.4 Å². The van der Waals surface area contributed by atoms with Crippen LogP contribution in [0.5, 0.6) is 0 Å². The second-order valence-electron chi connectivity index (χ2n) is 12.0. The van der Waals surface area contributed by atoms with Gasteiger partial charge in [-0.25, -0.2) is 8.98 Å². The molecule has 0 aliphatic rings. The van der Waals surface area contributed by atoms with Crippen molar-refractivity contribution in [3.8, 4) is 0 Å². The molecule has 49 heavy (non-hydrogen) atoms. The molecule has 0 radical (unpaired) electrons. The Hall–Kier alpha value is -3.67. The largest absolute Gasteiger partial charge is 0.478 e. The van der Waals surface area contributed by atoms with E-state index in [1.165, 1.54) is 6.92 Å². The monoisotopic (exact) mass is 699 g/mol. The highest BCUT2D eigenvalue weighted by Gasteiger charge is 2.25. The molecule has 10 heteroatoms. The first-order valence-corrected chi connectivity index (χ1v) is 17.9. The van der Waals surface area contributed by atoms with Gasteiger partial charge in [-0.05, 0) is 47.0 Å². The van der Waals surface area contributed by atoms with Crippen molar-refractivity contribution in [1.82, 2.24) is 0 Å². The lowest BCUT2D eigenvalue weighted by Gasteiger charge is -2.25. The molecule has 9 nitrogen and oxygen atoms in total. The average Bonchev–Trinajstić information content (AvgIpc) is 3.02. The smallest absolute Gasteiger partial charge is 0.397 e. The lowest BCUT2D eigenvalue weighted by atomic mass is 9.88. The summed E-state index contributed by atoms with van der Waals surface area (Å²) in [6, 6.07) is 0.0641. The third-order valence-corrected chi connectivity index (χ3v) is 7.82. The minimum absolute atomic E-state index is 0.0641. The fraction of sp³-hybridized carbons (Fsp3) is 0.436. The minimum Gasteiger partial charge on any atom is -0.478 e. The molecule has 6 unspecified atom stereocenters. The molecule has 0 bridgehead atoms. The van der Waals surface area contributed by atoms with Crippen LogP contribution in [0.1, 0.15) is 67.7 Å². The standard InChI is InChI=1S/C39H57NO8S/c1-30(2)40-35(7)33(5)37(48-49(45,46)47)29-25-21-17-12-10-8-9-11-16-20-24-28-36(41)34(6)38(42)31(3)26-22-18-14-13-15-19-23-27-32(4)39(43)44/h8-13,15-17,19-28,30-31,33-34,36-38,41-42H,14,18,29H2,1-7H3,(H,43,44)(H,45,46,47). The number of carboxylic acid groups (broad SMARTS) is 1. The number of carbonyl (C=O) groups is 1. The van der Waals surface area contributed by atoms with Gasteiger partial charge in [0, 0.05) is 35.1 Å². The number of aliphatic hydroxyl groups excluding tert-OH is 2. The molecule has 0 amide bonds. The summed E-state index contributed by atoms with van der Waals surface area (Å²) in [7, 11) is -4.59. The number of unbranched alkanes of at least 4 members (excludes halogenated alkanes) is 1. The molecule has 0 aliphatic heterocycles. The van der Waals surface area contributed by atoms with Crippen LogP contribution in [0.2, 0.25) is 0 Å². The molecule has 0 spiro atoms. The van der Waals surface area contributed by atoms with Gasteiger partial charge in [-0.1, -0.05) is 136 Å². The second kappa shape index (κ2) is 26.2. The number of aliphatic carboxylic acids is 1. The second-order valence-corrected chi connectivity index (χ2v) is 13.0. The van der Waals surface area contributed by atoms with Crippen molar-refractivity contribution >= 4 is 22.1 Å². The maximum atomic E-state index is 11.3. The highest BCUT2D eigenvalue weighted by atomic mass is 32.3. The number of hydrogen-bond donors (Lipinski definition) is 4. The fourth-order valence-electron chi connectivity index (χ4n) is 4.24. The van der Waals surface area contributed by atoms with E-state index in [1.54, 1.807) is 54.7 Å². The molecule has 272 valence electrons. The number of aliphatic hydroxyl groups is 2. The van der Waals surface area contributed by atoms with Gasteiger partial charge < -0.3 is 15.3 Å². The van der Waals surface area contributed by atoms with Gasteiger partial charge in [0.2, 0.25) is 0 Å². The minimum atomic E-state index is -4.59. The Kier molecular flexibility index (Phi) is 24.3. The first kappa shape index (κ1) is 45.3. The first-order chi connectivity index (χ1) is 23.1. The lowest BCUT2D eigenvalue weighted by molar-refractivity contribution is -0.132. The van der Waals surface area contributed by atoms with Crippen molar-refractivity contribution in [3.63, 3.8) is 0 Å². The van der Waals surface area contributed by atoms with Crippen molar-refractivity contribution in [2.45, 2.75) is 92.1 Å². The Morgan fingerprint density at radius 1 is 0.735 bits per heavy atom. The Morgan fingerprint density at radius 2 is 1.24 bits per heavy atom. The molecule has 0 aromatic rings. The summed E-state index contributed by atoms with van der Waals surface area (Å²) in [5.74, 6) is -1.72. The van der Waals surface area contributed by atoms with Crippen LogP contribution in [0, 0.1) is 17.8 Å². The number of nitrogens with zero attached hydrogens (tertiary/aromatic N) is 1. The Balaban J connectivity index is 4.65. The van der Waals surface area contributed by atoms with E-state index in [1.807, 2.05) is 102 Å². The maximum Gasteiger partial charge on any atom is 0.397 e. The van der Waals surface area contributed by atoms with E-state index in [9.17, 15) is 23.4 Å². The zero-order valence-corrected chi connectivity index (χ0v) is 30.7. The van der Waals surface area contributed by atoms with Gasteiger partial charge in [0.05, 0.1) is 18.3 Å². The molecule has 0 saturated carbocycles. The molecular weight excluding hydrogens is 642 g/mol. The van der Waals surface area contributed by atoms with Gasteiger partial charge in [-0.3, -0.25) is 9.55 Å². The molecule has 0 saturated heterocycles. The number of carboxylic acids is 1. The van der Waals surface area contributed by atoms with E-state index in [-0.39, 0.29) is 35.8 Å². The molecule has 6 atom stereocenters. The van der Waals surface area contributed by atoms with Crippen LogP contribution in [0.4, 0.5) is 0 Å². The number of allylic oxidation sites excluding steroid dienone is 16. The zero-order chi connectivity index (χ0) is 37.2. The highest BCUT2D eigenvalue weighted by molar-refractivity contribution is 7.80. The van der Waals surface area contributed by atoms with Crippen LogP contribution < -0.4 is 0 Å². The van der Waals surface area contributed by atoms with Gasteiger partial charge in [0.25, 0.3) is 0 Å². The topological polar surface area (TPSA) is 154 Å². The van der Waals surface area contributed by atoms with Gasteiger partial charge in [-0.2, -0.15) is 8.42 Å². The summed E-state index contributed by atoms with van der Waals surface area (Å²) in [6.45, 7) is 12.8. The molecule has 0 aliphatic carbocycles. The third kappa shape index (κ3) is 24.2. The van der Waals surface area contributed by atoms with Crippen LogP contribution in [-0.2, 0) is 19.4 Å². The van der Waals surface area contributed by atoms with Gasteiger partial charge in [0.1, 0.15) is 0 Å². The summed E-state index contributed by atoms with van der Waals surface area (Å²) in [5.41, 5.74) is 1.02. The van der Waals surface area contributed by atoms with E-state index in [4.69, 9.17) is 13.8 Å². The van der Waals surface area contributed by atoms with Gasteiger partial charge in [0.15, 0.2) is 0 Å². The molecule has 0 aromatic heterocycles.